The number of nitrogens with zero attached hydrogens (tertiary/aromatic N) is 6. The van der Waals surface area contributed by atoms with Crippen LogP contribution in [0.3, 0.4) is 0 Å². The van der Waals surface area contributed by atoms with Gasteiger partial charge in [0.05, 0.1) is 13.1 Å². The second-order valence-corrected chi connectivity index (χ2v) is 6.48. The quantitative estimate of drug-likeness (QED) is 0.726. The maximum atomic E-state index is 5.76. The molecule has 7 nitrogen and oxygen atoms in total. The topological polar surface area (TPSA) is 69.0 Å². The first-order valence-electron chi connectivity index (χ1n) is 7.25. The zero-order valence-electron chi connectivity index (χ0n) is 12.9. The lowest BCUT2D eigenvalue weighted by molar-refractivity contribution is -0.0473. The first kappa shape index (κ1) is 14.3. The summed E-state index contributed by atoms with van der Waals surface area (Å²) >= 11 is 1.54. The standard InChI is InChI=1S/C15H16N6OS/c1-20-8-7-17-13(20)15(22-2)9-21(10-15)14-19-18-12(23-14)11-5-3-4-6-16-11/h3-8H,9-10H2,1-2H3. The van der Waals surface area contributed by atoms with E-state index in [0.29, 0.717) is 13.1 Å². The van der Waals surface area contributed by atoms with Crippen LogP contribution in [0, 0.1) is 0 Å². The van der Waals surface area contributed by atoms with Gasteiger partial charge in [0.15, 0.2) is 10.6 Å². The van der Waals surface area contributed by atoms with Crippen molar-refractivity contribution in [2.24, 2.45) is 7.05 Å². The van der Waals surface area contributed by atoms with Crippen LogP contribution in [0.4, 0.5) is 5.13 Å². The van der Waals surface area contributed by atoms with E-state index in [9.17, 15) is 0 Å². The highest BCUT2D eigenvalue weighted by molar-refractivity contribution is 7.18. The molecule has 23 heavy (non-hydrogen) atoms. The van der Waals surface area contributed by atoms with E-state index in [4.69, 9.17) is 4.74 Å². The third-order valence-corrected chi connectivity index (χ3v) is 5.09. The van der Waals surface area contributed by atoms with Gasteiger partial charge in [-0.15, -0.1) is 10.2 Å². The summed E-state index contributed by atoms with van der Waals surface area (Å²) in [5, 5.41) is 10.2. The molecule has 8 heteroatoms. The lowest BCUT2D eigenvalue weighted by atomic mass is 9.93. The van der Waals surface area contributed by atoms with E-state index in [2.05, 4.69) is 25.1 Å². The van der Waals surface area contributed by atoms with Gasteiger partial charge < -0.3 is 14.2 Å². The van der Waals surface area contributed by atoms with Crippen molar-refractivity contribution in [2.45, 2.75) is 5.60 Å². The van der Waals surface area contributed by atoms with Gasteiger partial charge >= 0.3 is 0 Å². The van der Waals surface area contributed by atoms with Crippen LogP contribution in [0.1, 0.15) is 5.82 Å². The van der Waals surface area contributed by atoms with Gasteiger partial charge in [-0.1, -0.05) is 17.4 Å². The first-order valence-corrected chi connectivity index (χ1v) is 8.06. The van der Waals surface area contributed by atoms with Crippen LogP contribution in [0.2, 0.25) is 0 Å². The van der Waals surface area contributed by atoms with E-state index in [1.165, 1.54) is 0 Å². The zero-order chi connectivity index (χ0) is 15.9. The monoisotopic (exact) mass is 328 g/mol. The molecule has 0 saturated carbocycles. The van der Waals surface area contributed by atoms with Crippen LogP contribution in [-0.2, 0) is 17.4 Å². The molecule has 118 valence electrons. The van der Waals surface area contributed by atoms with Crippen molar-refractivity contribution in [2.75, 3.05) is 25.1 Å². The molecule has 0 amide bonds. The van der Waals surface area contributed by atoms with Crippen molar-refractivity contribution < 1.29 is 4.74 Å². The van der Waals surface area contributed by atoms with Crippen molar-refractivity contribution >= 4 is 16.5 Å². The second-order valence-electron chi connectivity index (χ2n) is 5.52. The summed E-state index contributed by atoms with van der Waals surface area (Å²) < 4.78 is 7.76. The fourth-order valence-electron chi connectivity index (χ4n) is 2.81. The van der Waals surface area contributed by atoms with E-state index >= 15 is 0 Å². The number of aryl methyl sites for hydroxylation is 1. The van der Waals surface area contributed by atoms with Crippen LogP contribution in [0.5, 0.6) is 0 Å². The highest BCUT2D eigenvalue weighted by atomic mass is 32.1. The summed E-state index contributed by atoms with van der Waals surface area (Å²) in [5.41, 5.74) is 0.466. The number of anilines is 1. The molecule has 4 rings (SSSR count). The molecule has 3 aromatic heterocycles. The Kier molecular flexibility index (Phi) is 3.35. The molecule has 3 aromatic rings. The number of ether oxygens (including phenoxy) is 1. The Balaban J connectivity index is 1.54. The van der Waals surface area contributed by atoms with Gasteiger partial charge in [0, 0.05) is 32.7 Å². The molecular formula is C15H16N6OS. The van der Waals surface area contributed by atoms with Gasteiger partial charge in [-0.25, -0.2) is 4.98 Å². The molecule has 0 radical (unpaired) electrons. The predicted octanol–water partition coefficient (Wildman–Crippen LogP) is 1.70. The lowest BCUT2D eigenvalue weighted by Gasteiger charge is -2.47. The Morgan fingerprint density at radius 3 is 2.70 bits per heavy atom. The van der Waals surface area contributed by atoms with Crippen molar-refractivity contribution in [3.63, 3.8) is 0 Å². The second kappa shape index (κ2) is 5.39. The Hall–Kier alpha value is -2.32. The molecule has 1 aliphatic heterocycles. The number of rotatable bonds is 4. The van der Waals surface area contributed by atoms with Crippen LogP contribution in [0.25, 0.3) is 10.7 Å². The molecule has 4 heterocycles. The normalized spacial score (nSPS) is 16.3. The minimum absolute atomic E-state index is 0.380. The fourth-order valence-corrected chi connectivity index (χ4v) is 3.63. The van der Waals surface area contributed by atoms with Crippen molar-refractivity contribution in [3.05, 3.63) is 42.6 Å². The maximum Gasteiger partial charge on any atom is 0.208 e. The van der Waals surface area contributed by atoms with Crippen LogP contribution in [0.15, 0.2) is 36.8 Å². The van der Waals surface area contributed by atoms with Crippen molar-refractivity contribution in [3.8, 4) is 10.7 Å². The smallest absolute Gasteiger partial charge is 0.208 e. The molecule has 1 aliphatic rings. The molecule has 0 aliphatic carbocycles. The van der Waals surface area contributed by atoms with Crippen LogP contribution in [-0.4, -0.2) is 44.9 Å². The minimum Gasteiger partial charge on any atom is -0.367 e. The number of imidazole rings is 1. The third-order valence-electron chi connectivity index (χ3n) is 4.08. The van der Waals surface area contributed by atoms with Crippen LogP contribution >= 0.6 is 11.3 Å². The molecule has 0 bridgehead atoms. The number of hydrogen-bond donors (Lipinski definition) is 0. The molecule has 0 unspecified atom stereocenters. The summed E-state index contributed by atoms with van der Waals surface area (Å²) in [6, 6.07) is 5.78. The number of aromatic nitrogens is 5. The Morgan fingerprint density at radius 2 is 2.04 bits per heavy atom. The number of hydrogen-bond acceptors (Lipinski definition) is 7. The van der Waals surface area contributed by atoms with Gasteiger partial charge in [-0.05, 0) is 12.1 Å². The molecular weight excluding hydrogens is 312 g/mol. The summed E-state index contributed by atoms with van der Waals surface area (Å²) in [7, 11) is 3.71. The van der Waals surface area contributed by atoms with Crippen LogP contribution < -0.4 is 4.90 Å². The summed E-state index contributed by atoms with van der Waals surface area (Å²) in [6.45, 7) is 1.43. The highest BCUT2D eigenvalue weighted by Crippen LogP contribution is 2.39. The first-order chi connectivity index (χ1) is 11.2. The average Bonchev–Trinajstić information content (AvgIpc) is 3.18. The average molecular weight is 328 g/mol. The lowest BCUT2D eigenvalue weighted by Crippen LogP contribution is -2.61. The Bertz CT molecular complexity index is 808. The van der Waals surface area contributed by atoms with Gasteiger partial charge in [-0.3, -0.25) is 4.98 Å². The van der Waals surface area contributed by atoms with E-state index in [-0.39, 0.29) is 5.60 Å². The van der Waals surface area contributed by atoms with Gasteiger partial charge in [0.25, 0.3) is 0 Å². The predicted molar refractivity (Wildman–Crippen MR) is 87.2 cm³/mol. The van der Waals surface area contributed by atoms with Gasteiger partial charge in [0.1, 0.15) is 11.5 Å². The van der Waals surface area contributed by atoms with Gasteiger partial charge in [0.2, 0.25) is 5.13 Å². The molecule has 0 spiro atoms. The third kappa shape index (κ3) is 2.30. The van der Waals surface area contributed by atoms with E-state index in [1.54, 1.807) is 30.8 Å². The number of methoxy groups -OCH3 is 1. The zero-order valence-corrected chi connectivity index (χ0v) is 13.7. The largest absolute Gasteiger partial charge is 0.367 e. The molecule has 1 fully saturated rings. The fraction of sp³-hybridized carbons (Fsp3) is 0.333. The van der Waals surface area contributed by atoms with E-state index in [0.717, 1.165) is 21.7 Å². The van der Waals surface area contributed by atoms with E-state index in [1.807, 2.05) is 36.0 Å². The maximum absolute atomic E-state index is 5.76. The Labute approximate surface area is 137 Å². The summed E-state index contributed by atoms with van der Waals surface area (Å²) in [5.74, 6) is 0.936. The highest BCUT2D eigenvalue weighted by Gasteiger charge is 2.49. The Morgan fingerprint density at radius 1 is 1.17 bits per heavy atom. The molecule has 1 saturated heterocycles. The summed E-state index contributed by atoms with van der Waals surface area (Å²) in [6.07, 6.45) is 5.49. The molecule has 0 N–H and O–H groups in total. The molecule has 0 aromatic carbocycles. The van der Waals surface area contributed by atoms with E-state index < -0.39 is 0 Å². The molecule has 0 atom stereocenters. The SMILES string of the molecule is COC1(c2nccn2C)CN(c2nnc(-c3ccccn3)s2)C1. The van der Waals surface area contributed by atoms with Gasteiger partial charge in [-0.2, -0.15) is 0 Å². The van der Waals surface area contributed by atoms with Crippen molar-refractivity contribution in [1.29, 1.82) is 0 Å². The minimum atomic E-state index is -0.380. The number of pyridine rings is 1. The van der Waals surface area contributed by atoms with Crippen molar-refractivity contribution in [1.82, 2.24) is 24.7 Å². The summed E-state index contributed by atoms with van der Waals surface area (Å²) in [4.78, 5) is 10.9.